The summed E-state index contributed by atoms with van der Waals surface area (Å²) in [5.74, 6) is -4.12. The predicted octanol–water partition coefficient (Wildman–Crippen LogP) is 1.64. The Morgan fingerprint density at radius 2 is 1.75 bits per heavy atom. The average molecular weight is 309 g/mol. The topological polar surface area (TPSA) is 57.6 Å². The van der Waals surface area contributed by atoms with Gasteiger partial charge in [-0.05, 0) is 12.8 Å². The van der Waals surface area contributed by atoms with Gasteiger partial charge in [-0.2, -0.15) is 4.31 Å². The molecule has 112 valence electrons. The molecule has 8 heteroatoms. The Morgan fingerprint density at radius 1 is 1.20 bits per heavy atom. The first kappa shape index (κ1) is 15.3. The molecule has 0 atom stereocenters. The van der Waals surface area contributed by atoms with Crippen LogP contribution in [0.15, 0.2) is 17.0 Å². The molecule has 1 saturated carbocycles. The summed E-state index contributed by atoms with van der Waals surface area (Å²) in [7, 11) is -4.44. The highest BCUT2D eigenvalue weighted by atomic mass is 32.2. The van der Waals surface area contributed by atoms with Gasteiger partial charge in [0.2, 0.25) is 10.0 Å². The monoisotopic (exact) mass is 309 g/mol. The number of halogens is 3. The summed E-state index contributed by atoms with van der Waals surface area (Å²) < 4.78 is 65.7. The summed E-state index contributed by atoms with van der Waals surface area (Å²) in [4.78, 5) is -1.17. The van der Waals surface area contributed by atoms with E-state index in [0.717, 1.165) is 10.7 Å². The molecule has 0 aliphatic heterocycles. The molecule has 0 aromatic heterocycles. The highest BCUT2D eigenvalue weighted by molar-refractivity contribution is 7.89. The molecule has 20 heavy (non-hydrogen) atoms. The minimum Gasteiger partial charge on any atom is -0.395 e. The normalized spacial score (nSPS) is 16.4. The first-order chi connectivity index (χ1) is 9.37. The van der Waals surface area contributed by atoms with Crippen LogP contribution in [0.2, 0.25) is 0 Å². The third-order valence-electron chi connectivity index (χ3n) is 3.33. The molecule has 4 nitrogen and oxygen atoms in total. The van der Waals surface area contributed by atoms with Crippen LogP contribution in [0.5, 0.6) is 0 Å². The van der Waals surface area contributed by atoms with Gasteiger partial charge in [0, 0.05) is 24.7 Å². The van der Waals surface area contributed by atoms with Gasteiger partial charge >= 0.3 is 0 Å². The van der Waals surface area contributed by atoms with E-state index in [0.29, 0.717) is 25.0 Å². The molecule has 0 spiro atoms. The van der Waals surface area contributed by atoms with Gasteiger partial charge in [-0.1, -0.05) is 6.42 Å². The second-order valence-electron chi connectivity index (χ2n) is 4.62. The fraction of sp³-hybridized carbons (Fsp3) is 0.500. The molecule has 1 N–H and O–H groups in total. The number of hydrogen-bond donors (Lipinski definition) is 1. The van der Waals surface area contributed by atoms with Gasteiger partial charge < -0.3 is 5.11 Å². The van der Waals surface area contributed by atoms with E-state index in [4.69, 9.17) is 5.11 Å². The summed E-state index contributed by atoms with van der Waals surface area (Å²) >= 11 is 0. The number of aliphatic hydroxyl groups excluding tert-OH is 1. The Balaban J connectivity index is 2.47. The van der Waals surface area contributed by atoms with Crippen LogP contribution in [-0.4, -0.2) is 37.0 Å². The van der Waals surface area contributed by atoms with Crippen LogP contribution >= 0.6 is 0 Å². The van der Waals surface area contributed by atoms with Crippen molar-refractivity contribution < 1.29 is 26.7 Å². The number of sulfonamides is 1. The molecule has 0 unspecified atom stereocenters. The average Bonchev–Trinajstić information content (AvgIpc) is 2.23. The van der Waals surface area contributed by atoms with Gasteiger partial charge in [-0.25, -0.2) is 21.6 Å². The quantitative estimate of drug-likeness (QED) is 0.899. The molecule has 0 saturated heterocycles. The lowest BCUT2D eigenvalue weighted by molar-refractivity contribution is 0.177. The highest BCUT2D eigenvalue weighted by Crippen LogP contribution is 2.31. The van der Waals surface area contributed by atoms with Crippen molar-refractivity contribution in [2.75, 3.05) is 13.2 Å². The van der Waals surface area contributed by atoms with Gasteiger partial charge in [0.1, 0.15) is 17.5 Å². The Hall–Kier alpha value is -1.12. The van der Waals surface area contributed by atoms with Crippen LogP contribution in [0.3, 0.4) is 0 Å². The number of nitrogens with zero attached hydrogens (tertiary/aromatic N) is 1. The zero-order valence-electron chi connectivity index (χ0n) is 10.5. The van der Waals surface area contributed by atoms with Crippen LogP contribution in [0.4, 0.5) is 13.2 Å². The second-order valence-corrected chi connectivity index (χ2v) is 6.45. The molecule has 2 rings (SSSR count). The van der Waals surface area contributed by atoms with E-state index < -0.39 is 39.0 Å². The summed E-state index contributed by atoms with van der Waals surface area (Å²) in [5, 5.41) is 8.94. The minimum atomic E-state index is -4.44. The van der Waals surface area contributed by atoms with E-state index in [1.807, 2.05) is 0 Å². The summed E-state index contributed by atoms with van der Waals surface area (Å²) in [6, 6.07) is 0.276. The first-order valence-corrected chi connectivity index (χ1v) is 7.59. The van der Waals surface area contributed by atoms with E-state index in [1.165, 1.54) is 0 Å². The van der Waals surface area contributed by atoms with Crippen molar-refractivity contribution in [3.8, 4) is 0 Å². The summed E-state index contributed by atoms with van der Waals surface area (Å²) in [5.41, 5.74) is 0. The third-order valence-corrected chi connectivity index (χ3v) is 5.34. The molecule has 0 radical (unpaired) electrons. The van der Waals surface area contributed by atoms with E-state index in [1.54, 1.807) is 0 Å². The molecule has 0 amide bonds. The zero-order valence-corrected chi connectivity index (χ0v) is 11.3. The maximum Gasteiger partial charge on any atom is 0.249 e. The molecule has 1 aromatic carbocycles. The van der Waals surface area contributed by atoms with Crippen molar-refractivity contribution in [1.29, 1.82) is 0 Å². The Labute approximate surface area is 114 Å². The van der Waals surface area contributed by atoms with Crippen molar-refractivity contribution in [3.63, 3.8) is 0 Å². The van der Waals surface area contributed by atoms with Crippen LogP contribution in [0, 0.1) is 17.5 Å². The van der Waals surface area contributed by atoms with Gasteiger partial charge in [-0.15, -0.1) is 0 Å². The van der Waals surface area contributed by atoms with Gasteiger partial charge in [0.15, 0.2) is 4.90 Å². The van der Waals surface area contributed by atoms with Crippen molar-refractivity contribution in [1.82, 2.24) is 4.31 Å². The molecular weight excluding hydrogens is 295 g/mol. The molecular formula is C12H14F3NO3S. The number of rotatable bonds is 5. The van der Waals surface area contributed by atoms with Crippen LogP contribution < -0.4 is 0 Å². The van der Waals surface area contributed by atoms with Crippen molar-refractivity contribution in [2.24, 2.45) is 0 Å². The van der Waals surface area contributed by atoms with Crippen molar-refractivity contribution in [3.05, 3.63) is 29.6 Å². The minimum absolute atomic E-state index is 0.247. The summed E-state index contributed by atoms with van der Waals surface area (Å²) in [6.45, 7) is -0.705. The standard InChI is InChI=1S/C12H14F3NO3S/c13-8-6-10(14)12(11(15)7-8)20(18,19)16(4-5-17)9-2-1-3-9/h6-7,9,17H,1-5H2. The fourth-order valence-corrected chi connectivity index (χ4v) is 3.94. The fourth-order valence-electron chi connectivity index (χ4n) is 2.16. The molecule has 1 aliphatic carbocycles. The van der Waals surface area contributed by atoms with Crippen molar-refractivity contribution >= 4 is 10.0 Å². The smallest absolute Gasteiger partial charge is 0.249 e. The lowest BCUT2D eigenvalue weighted by Crippen LogP contribution is -2.46. The largest absolute Gasteiger partial charge is 0.395 e. The number of benzene rings is 1. The first-order valence-electron chi connectivity index (χ1n) is 6.15. The predicted molar refractivity (Wildman–Crippen MR) is 64.9 cm³/mol. The SMILES string of the molecule is O=S(=O)(c1c(F)cc(F)cc1F)N(CCO)C1CCC1. The Morgan fingerprint density at radius 3 is 2.15 bits per heavy atom. The molecule has 1 fully saturated rings. The third kappa shape index (κ3) is 2.68. The lowest BCUT2D eigenvalue weighted by atomic mass is 9.93. The maximum absolute atomic E-state index is 13.6. The highest BCUT2D eigenvalue weighted by Gasteiger charge is 2.37. The van der Waals surface area contributed by atoms with Crippen LogP contribution in [0.1, 0.15) is 19.3 Å². The van der Waals surface area contributed by atoms with Gasteiger partial charge in [-0.3, -0.25) is 0 Å². The maximum atomic E-state index is 13.6. The molecule has 1 aromatic rings. The van der Waals surface area contributed by atoms with E-state index in [9.17, 15) is 21.6 Å². The van der Waals surface area contributed by atoms with Gasteiger partial charge in [0.05, 0.1) is 6.61 Å². The lowest BCUT2D eigenvalue weighted by Gasteiger charge is -2.36. The Bertz CT molecular complexity index is 579. The van der Waals surface area contributed by atoms with E-state index in [-0.39, 0.29) is 12.6 Å². The summed E-state index contributed by atoms with van der Waals surface area (Å²) in [6.07, 6.45) is 1.96. The Kier molecular flexibility index (Phi) is 4.36. The van der Waals surface area contributed by atoms with Crippen molar-refractivity contribution in [2.45, 2.75) is 30.2 Å². The molecule has 0 bridgehead atoms. The second kappa shape index (κ2) is 5.71. The number of aliphatic hydroxyl groups is 1. The molecule has 1 aliphatic rings. The van der Waals surface area contributed by atoms with E-state index >= 15 is 0 Å². The van der Waals surface area contributed by atoms with Crippen LogP contribution in [-0.2, 0) is 10.0 Å². The van der Waals surface area contributed by atoms with Gasteiger partial charge in [0.25, 0.3) is 0 Å². The number of hydrogen-bond acceptors (Lipinski definition) is 3. The zero-order chi connectivity index (χ0) is 14.9. The van der Waals surface area contributed by atoms with Crippen LogP contribution in [0.25, 0.3) is 0 Å². The molecule has 0 heterocycles. The van der Waals surface area contributed by atoms with E-state index in [2.05, 4.69) is 0 Å².